The van der Waals surface area contributed by atoms with Crippen molar-refractivity contribution in [3.63, 3.8) is 0 Å². The Morgan fingerprint density at radius 2 is 1.94 bits per heavy atom. The van der Waals surface area contributed by atoms with Gasteiger partial charge < -0.3 is 10.4 Å². The fourth-order valence-corrected chi connectivity index (χ4v) is 1.80. The summed E-state index contributed by atoms with van der Waals surface area (Å²) in [5.41, 5.74) is 1.74. The Hall–Kier alpha value is -2.00. The molecular formula is C14H12ClNO2. The summed E-state index contributed by atoms with van der Waals surface area (Å²) in [4.78, 5) is 12.0. The molecule has 1 amide bonds. The quantitative estimate of drug-likeness (QED) is 0.812. The molecule has 0 radical (unpaired) electrons. The van der Waals surface area contributed by atoms with Crippen LogP contribution in [0.3, 0.4) is 0 Å². The second-order valence-corrected chi connectivity index (χ2v) is 4.34. The molecule has 0 spiro atoms. The van der Waals surface area contributed by atoms with Crippen LogP contribution in [0.5, 0.6) is 5.75 Å². The highest BCUT2D eigenvalue weighted by molar-refractivity contribution is 6.34. The fraction of sp³-hybridized carbons (Fsp3) is 0.0714. The Kier molecular flexibility index (Phi) is 3.53. The Morgan fingerprint density at radius 3 is 2.61 bits per heavy atom. The average molecular weight is 262 g/mol. The van der Waals surface area contributed by atoms with Gasteiger partial charge in [0, 0.05) is 5.69 Å². The maximum atomic E-state index is 12.0. The number of phenolic OH excluding ortho intramolecular Hbond substituents is 1. The number of aromatic hydroxyl groups is 1. The van der Waals surface area contributed by atoms with Crippen LogP contribution in [0.1, 0.15) is 15.9 Å². The smallest absolute Gasteiger partial charge is 0.257 e. The molecular weight excluding hydrogens is 250 g/mol. The van der Waals surface area contributed by atoms with Crippen molar-refractivity contribution in [1.82, 2.24) is 0 Å². The number of amides is 1. The minimum absolute atomic E-state index is 0.200. The van der Waals surface area contributed by atoms with Gasteiger partial charge in [-0.15, -0.1) is 0 Å². The van der Waals surface area contributed by atoms with Gasteiger partial charge in [-0.3, -0.25) is 4.79 Å². The molecule has 2 aromatic rings. The molecule has 0 aliphatic heterocycles. The number of benzene rings is 2. The SMILES string of the molecule is Cc1cc(NC(=O)c2ccccc2Cl)ccc1O. The number of phenols is 1. The lowest BCUT2D eigenvalue weighted by Crippen LogP contribution is -2.12. The van der Waals surface area contributed by atoms with Gasteiger partial charge in [-0.1, -0.05) is 23.7 Å². The molecule has 0 saturated heterocycles. The molecule has 0 aliphatic rings. The summed E-state index contributed by atoms with van der Waals surface area (Å²) in [6.45, 7) is 1.76. The van der Waals surface area contributed by atoms with Crippen molar-refractivity contribution < 1.29 is 9.90 Å². The molecule has 0 fully saturated rings. The number of carbonyl (C=O) groups is 1. The normalized spacial score (nSPS) is 10.1. The zero-order chi connectivity index (χ0) is 13.1. The number of nitrogens with one attached hydrogen (secondary N) is 1. The van der Waals surface area contributed by atoms with E-state index in [1.165, 1.54) is 6.07 Å². The summed E-state index contributed by atoms with van der Waals surface area (Å²) in [5.74, 6) is -0.0727. The molecule has 18 heavy (non-hydrogen) atoms. The predicted octanol–water partition coefficient (Wildman–Crippen LogP) is 3.61. The average Bonchev–Trinajstić information content (AvgIpc) is 2.34. The summed E-state index contributed by atoms with van der Waals surface area (Å²) in [6, 6.07) is 11.7. The molecule has 2 rings (SSSR count). The van der Waals surface area contributed by atoms with E-state index in [1.807, 2.05) is 0 Å². The number of carbonyl (C=O) groups excluding carboxylic acids is 1. The number of rotatable bonds is 2. The maximum absolute atomic E-state index is 12.0. The number of hydrogen-bond donors (Lipinski definition) is 2. The first-order valence-electron chi connectivity index (χ1n) is 5.43. The first-order valence-corrected chi connectivity index (χ1v) is 5.81. The topological polar surface area (TPSA) is 49.3 Å². The van der Waals surface area contributed by atoms with Crippen LogP contribution in [-0.2, 0) is 0 Å². The van der Waals surface area contributed by atoms with Crippen molar-refractivity contribution in [2.45, 2.75) is 6.92 Å². The van der Waals surface area contributed by atoms with E-state index in [-0.39, 0.29) is 11.7 Å². The minimum Gasteiger partial charge on any atom is -0.508 e. The highest BCUT2D eigenvalue weighted by atomic mass is 35.5. The summed E-state index contributed by atoms with van der Waals surface area (Å²) >= 11 is 5.94. The van der Waals surface area contributed by atoms with Gasteiger partial charge in [0.15, 0.2) is 0 Å². The summed E-state index contributed by atoms with van der Waals surface area (Å²) < 4.78 is 0. The maximum Gasteiger partial charge on any atom is 0.257 e. The molecule has 2 aromatic carbocycles. The molecule has 0 saturated carbocycles. The van der Waals surface area contributed by atoms with Crippen molar-refractivity contribution in [3.8, 4) is 5.75 Å². The van der Waals surface area contributed by atoms with Gasteiger partial charge >= 0.3 is 0 Å². The fourth-order valence-electron chi connectivity index (χ4n) is 1.58. The largest absolute Gasteiger partial charge is 0.508 e. The molecule has 3 nitrogen and oxygen atoms in total. The van der Waals surface area contributed by atoms with E-state index >= 15 is 0 Å². The van der Waals surface area contributed by atoms with E-state index in [4.69, 9.17) is 11.6 Å². The van der Waals surface area contributed by atoms with Crippen molar-refractivity contribution >= 4 is 23.2 Å². The van der Waals surface area contributed by atoms with Gasteiger partial charge in [0.2, 0.25) is 0 Å². The molecule has 0 aliphatic carbocycles. The van der Waals surface area contributed by atoms with Gasteiger partial charge in [-0.25, -0.2) is 0 Å². The second-order valence-electron chi connectivity index (χ2n) is 3.94. The van der Waals surface area contributed by atoms with Crippen LogP contribution in [0.4, 0.5) is 5.69 Å². The van der Waals surface area contributed by atoms with Crippen LogP contribution in [0.2, 0.25) is 5.02 Å². The Labute approximate surface area is 110 Å². The van der Waals surface area contributed by atoms with Gasteiger partial charge in [0.25, 0.3) is 5.91 Å². The summed E-state index contributed by atoms with van der Waals surface area (Å²) in [7, 11) is 0. The van der Waals surface area contributed by atoms with Gasteiger partial charge in [0.1, 0.15) is 5.75 Å². The van der Waals surface area contributed by atoms with E-state index in [2.05, 4.69) is 5.32 Å². The number of anilines is 1. The summed E-state index contributed by atoms with van der Waals surface area (Å²) in [5, 5.41) is 12.5. The third-order valence-electron chi connectivity index (χ3n) is 2.57. The van der Waals surface area contributed by atoms with Crippen molar-refractivity contribution in [1.29, 1.82) is 0 Å². The van der Waals surface area contributed by atoms with E-state index in [0.717, 1.165) is 0 Å². The standard InChI is InChI=1S/C14H12ClNO2/c1-9-8-10(6-7-13(9)17)16-14(18)11-4-2-3-5-12(11)15/h2-8,17H,1H3,(H,16,18). The van der Waals surface area contributed by atoms with Crippen LogP contribution < -0.4 is 5.32 Å². The minimum atomic E-state index is -0.273. The third kappa shape index (κ3) is 2.63. The monoisotopic (exact) mass is 261 g/mol. The van der Waals surface area contributed by atoms with E-state index in [1.54, 1.807) is 43.3 Å². The van der Waals surface area contributed by atoms with E-state index in [0.29, 0.717) is 21.8 Å². The highest BCUT2D eigenvalue weighted by Crippen LogP contribution is 2.22. The lowest BCUT2D eigenvalue weighted by atomic mass is 10.1. The van der Waals surface area contributed by atoms with Crippen molar-refractivity contribution in [2.75, 3.05) is 5.32 Å². The van der Waals surface area contributed by atoms with Crippen LogP contribution >= 0.6 is 11.6 Å². The highest BCUT2D eigenvalue weighted by Gasteiger charge is 2.10. The van der Waals surface area contributed by atoms with Gasteiger partial charge in [0.05, 0.1) is 10.6 Å². The lowest BCUT2D eigenvalue weighted by molar-refractivity contribution is 0.102. The van der Waals surface area contributed by atoms with E-state index < -0.39 is 0 Å². The van der Waals surface area contributed by atoms with Gasteiger partial charge in [-0.2, -0.15) is 0 Å². The van der Waals surface area contributed by atoms with Crippen LogP contribution in [0.25, 0.3) is 0 Å². The molecule has 0 unspecified atom stereocenters. The Bertz CT molecular complexity index is 596. The number of halogens is 1. The molecule has 0 atom stereocenters. The molecule has 0 aromatic heterocycles. The van der Waals surface area contributed by atoms with Crippen LogP contribution in [0.15, 0.2) is 42.5 Å². The third-order valence-corrected chi connectivity index (χ3v) is 2.90. The first kappa shape index (κ1) is 12.5. The van der Waals surface area contributed by atoms with Crippen molar-refractivity contribution in [3.05, 3.63) is 58.6 Å². The van der Waals surface area contributed by atoms with E-state index in [9.17, 15) is 9.90 Å². The predicted molar refractivity (Wildman–Crippen MR) is 72.2 cm³/mol. The first-order chi connectivity index (χ1) is 8.58. The molecule has 0 bridgehead atoms. The Morgan fingerprint density at radius 1 is 1.22 bits per heavy atom. The van der Waals surface area contributed by atoms with Crippen LogP contribution in [-0.4, -0.2) is 11.0 Å². The number of hydrogen-bond acceptors (Lipinski definition) is 2. The van der Waals surface area contributed by atoms with Crippen LogP contribution in [0, 0.1) is 6.92 Å². The molecule has 92 valence electrons. The van der Waals surface area contributed by atoms with Gasteiger partial charge in [-0.05, 0) is 42.8 Å². The molecule has 2 N–H and O–H groups in total. The zero-order valence-electron chi connectivity index (χ0n) is 9.77. The van der Waals surface area contributed by atoms with Crippen molar-refractivity contribution in [2.24, 2.45) is 0 Å². The lowest BCUT2D eigenvalue weighted by Gasteiger charge is -2.08. The molecule has 4 heteroatoms. The Balaban J connectivity index is 2.22. The number of aryl methyl sites for hydroxylation is 1. The zero-order valence-corrected chi connectivity index (χ0v) is 10.5. The second kappa shape index (κ2) is 5.10. The molecule has 0 heterocycles. The summed E-state index contributed by atoms with van der Waals surface area (Å²) in [6.07, 6.45) is 0.